The van der Waals surface area contributed by atoms with E-state index in [1.807, 2.05) is 0 Å². The largest absolute Gasteiger partial charge is 0.492 e. The van der Waals surface area contributed by atoms with Crippen molar-refractivity contribution in [3.8, 4) is 5.88 Å². The molecule has 0 aliphatic carbocycles. The second-order valence-corrected chi connectivity index (χ2v) is 4.21. The number of rotatable bonds is 4. The Morgan fingerprint density at radius 3 is 3.00 bits per heavy atom. The van der Waals surface area contributed by atoms with Gasteiger partial charge < -0.3 is 10.2 Å². The van der Waals surface area contributed by atoms with E-state index < -0.39 is 11.8 Å². The predicted octanol–water partition coefficient (Wildman–Crippen LogP) is 1.52. The van der Waals surface area contributed by atoms with Gasteiger partial charge in [0, 0.05) is 11.1 Å². The summed E-state index contributed by atoms with van der Waals surface area (Å²) in [6.07, 6.45) is 0. The molecule has 0 aromatic carbocycles. The third-order valence-electron chi connectivity index (χ3n) is 1.12. The number of thiocarbonyl (C=S) groups is 1. The van der Waals surface area contributed by atoms with Gasteiger partial charge in [-0.05, 0) is 11.5 Å². The Hall–Kier alpha value is -0.660. The smallest absolute Gasteiger partial charge is 0.343 e. The van der Waals surface area contributed by atoms with E-state index >= 15 is 0 Å². The highest BCUT2D eigenvalue weighted by atomic mass is 32.2. The lowest BCUT2D eigenvalue weighted by Crippen LogP contribution is -1.96. The molecule has 0 amide bonds. The molecular weight excluding hydrogens is 230 g/mol. The van der Waals surface area contributed by atoms with Gasteiger partial charge >= 0.3 is 5.97 Å². The summed E-state index contributed by atoms with van der Waals surface area (Å²) in [5.74, 6) is -1.22. The molecule has 1 rings (SSSR count). The van der Waals surface area contributed by atoms with Gasteiger partial charge in [0.1, 0.15) is 5.56 Å². The number of nitrogens with zero attached hydrogens (tertiary/aromatic N) is 1. The summed E-state index contributed by atoms with van der Waals surface area (Å²) in [5.41, 5.74) is -0.153. The van der Waals surface area contributed by atoms with E-state index in [1.165, 1.54) is 11.8 Å². The molecule has 0 saturated carbocycles. The molecule has 7 heteroatoms. The van der Waals surface area contributed by atoms with Crippen molar-refractivity contribution in [3.63, 3.8) is 0 Å². The molecule has 0 fully saturated rings. The lowest BCUT2D eigenvalue weighted by molar-refractivity contribution is 0.0690. The maximum atomic E-state index is 10.6. The van der Waals surface area contributed by atoms with Crippen LogP contribution >= 0.6 is 35.5 Å². The second kappa shape index (κ2) is 4.54. The molecule has 13 heavy (non-hydrogen) atoms. The molecule has 1 radical (unpaired) electrons. The van der Waals surface area contributed by atoms with Gasteiger partial charge in [-0.1, -0.05) is 12.2 Å². The van der Waals surface area contributed by atoms with Crippen molar-refractivity contribution in [3.05, 3.63) is 5.56 Å². The van der Waals surface area contributed by atoms with Gasteiger partial charge in [0.15, 0.2) is 0 Å². The van der Waals surface area contributed by atoms with Crippen molar-refractivity contribution in [1.82, 2.24) is 4.37 Å². The topological polar surface area (TPSA) is 70.4 Å². The zero-order valence-corrected chi connectivity index (χ0v) is 8.63. The van der Waals surface area contributed by atoms with E-state index in [-0.39, 0.29) is 5.56 Å². The van der Waals surface area contributed by atoms with Gasteiger partial charge in [0.2, 0.25) is 5.88 Å². The molecule has 0 aliphatic rings. The Bertz CT molecular complexity index is 336. The van der Waals surface area contributed by atoms with Crippen molar-refractivity contribution in [2.24, 2.45) is 0 Å². The SMILES string of the molecule is O=C(O)c1c(O)nsc1SC[C]=S. The molecule has 0 atom stereocenters. The first kappa shape index (κ1) is 10.4. The minimum atomic E-state index is -1.18. The number of aromatic hydroxyl groups is 1. The highest BCUT2D eigenvalue weighted by molar-refractivity contribution is 8.02. The number of thioether (sulfide) groups is 1. The summed E-state index contributed by atoms with van der Waals surface area (Å²) in [6.45, 7) is 0. The molecule has 1 aromatic heterocycles. The summed E-state index contributed by atoms with van der Waals surface area (Å²) in [6, 6.07) is 0. The molecule has 0 bridgehead atoms. The Balaban J connectivity index is 2.93. The summed E-state index contributed by atoms with van der Waals surface area (Å²) < 4.78 is 3.97. The number of carbonyl (C=O) groups is 1. The van der Waals surface area contributed by atoms with Gasteiger partial charge in [-0.25, -0.2) is 4.79 Å². The van der Waals surface area contributed by atoms with Crippen LogP contribution in [0.1, 0.15) is 10.4 Å². The zero-order valence-electron chi connectivity index (χ0n) is 6.18. The number of hydrogen-bond acceptors (Lipinski definition) is 6. The van der Waals surface area contributed by atoms with Crippen LogP contribution in [0, 0.1) is 0 Å². The third-order valence-corrected chi connectivity index (χ3v) is 3.41. The summed E-state index contributed by atoms with van der Waals surface area (Å²) in [7, 11) is 0. The average Bonchev–Trinajstić information content (AvgIpc) is 2.43. The van der Waals surface area contributed by atoms with Gasteiger partial charge in [-0.3, -0.25) is 0 Å². The van der Waals surface area contributed by atoms with Crippen molar-refractivity contribution in [2.75, 3.05) is 5.75 Å². The van der Waals surface area contributed by atoms with E-state index in [4.69, 9.17) is 10.2 Å². The molecule has 0 spiro atoms. The standard InChI is InChI=1S/C6H4NO3S3/c8-4-3(5(9)10)6(13-7-4)12-2-1-11/h2H2,(H,7,8)(H,9,10). The van der Waals surface area contributed by atoms with Crippen LogP contribution in [-0.2, 0) is 0 Å². The first-order chi connectivity index (χ1) is 6.16. The molecule has 69 valence electrons. The molecule has 2 N–H and O–H groups in total. The highest BCUT2D eigenvalue weighted by Gasteiger charge is 2.19. The lowest BCUT2D eigenvalue weighted by Gasteiger charge is -1.93. The van der Waals surface area contributed by atoms with Crippen LogP contribution < -0.4 is 0 Å². The zero-order chi connectivity index (χ0) is 9.84. The summed E-state index contributed by atoms with van der Waals surface area (Å²) in [4.78, 5) is 10.6. The van der Waals surface area contributed by atoms with Crippen molar-refractivity contribution < 1.29 is 15.0 Å². The summed E-state index contributed by atoms with van der Waals surface area (Å²) in [5, 5.41) is 20.2. The van der Waals surface area contributed by atoms with Crippen LogP contribution in [-0.4, -0.2) is 31.7 Å². The Kier molecular flexibility index (Phi) is 3.64. The van der Waals surface area contributed by atoms with Gasteiger partial charge in [0.05, 0.1) is 4.21 Å². The molecular formula is C6H4NO3S3. The van der Waals surface area contributed by atoms with E-state index in [9.17, 15) is 4.79 Å². The first-order valence-electron chi connectivity index (χ1n) is 3.06. The fourth-order valence-electron chi connectivity index (χ4n) is 0.644. The molecule has 0 aliphatic heterocycles. The normalized spacial score (nSPS) is 9.85. The second-order valence-electron chi connectivity index (χ2n) is 1.91. The fraction of sp³-hybridized carbons (Fsp3) is 0.167. The van der Waals surface area contributed by atoms with Crippen LogP contribution in [0.3, 0.4) is 0 Å². The number of hydrogen-bond donors (Lipinski definition) is 2. The van der Waals surface area contributed by atoms with E-state index in [0.717, 1.165) is 11.5 Å². The fourth-order valence-corrected chi connectivity index (χ4v) is 2.36. The number of carboxylic acids is 1. The van der Waals surface area contributed by atoms with Crippen LogP contribution in [0.4, 0.5) is 0 Å². The van der Waals surface area contributed by atoms with Crippen LogP contribution in [0.25, 0.3) is 0 Å². The predicted molar refractivity (Wildman–Crippen MR) is 54.1 cm³/mol. The minimum Gasteiger partial charge on any atom is -0.492 e. The van der Waals surface area contributed by atoms with Crippen molar-refractivity contribution in [1.29, 1.82) is 0 Å². The molecule has 1 heterocycles. The van der Waals surface area contributed by atoms with E-state index in [0.29, 0.717) is 9.96 Å². The number of carboxylic acid groups (broad SMARTS) is 1. The first-order valence-corrected chi connectivity index (χ1v) is 5.23. The quantitative estimate of drug-likeness (QED) is 0.608. The minimum absolute atomic E-state index is 0.153. The maximum Gasteiger partial charge on any atom is 0.343 e. The van der Waals surface area contributed by atoms with Gasteiger partial charge in [-0.15, -0.1) is 11.8 Å². The van der Waals surface area contributed by atoms with Gasteiger partial charge in [0.25, 0.3) is 0 Å². The molecule has 0 unspecified atom stereocenters. The van der Waals surface area contributed by atoms with Crippen LogP contribution in [0.15, 0.2) is 4.21 Å². The van der Waals surface area contributed by atoms with E-state index in [1.54, 1.807) is 0 Å². The lowest BCUT2D eigenvalue weighted by atomic mass is 10.4. The Morgan fingerprint density at radius 1 is 1.77 bits per heavy atom. The number of aromatic nitrogens is 1. The van der Waals surface area contributed by atoms with Crippen molar-refractivity contribution in [2.45, 2.75) is 4.21 Å². The molecule has 1 aromatic rings. The Morgan fingerprint density at radius 2 is 2.46 bits per heavy atom. The van der Waals surface area contributed by atoms with E-state index in [2.05, 4.69) is 22.0 Å². The average molecular weight is 234 g/mol. The number of aromatic carboxylic acids is 1. The molecule has 4 nitrogen and oxygen atoms in total. The van der Waals surface area contributed by atoms with Crippen LogP contribution in [0.2, 0.25) is 0 Å². The monoisotopic (exact) mass is 234 g/mol. The maximum absolute atomic E-state index is 10.6. The Labute approximate surface area is 87.8 Å². The molecule has 0 saturated heterocycles. The highest BCUT2D eigenvalue weighted by Crippen LogP contribution is 2.32. The summed E-state index contributed by atoms with van der Waals surface area (Å²) >= 11 is 6.61. The third kappa shape index (κ3) is 2.39. The van der Waals surface area contributed by atoms with Crippen LogP contribution in [0.5, 0.6) is 5.88 Å². The van der Waals surface area contributed by atoms with Gasteiger partial charge in [-0.2, -0.15) is 4.37 Å². The van der Waals surface area contributed by atoms with Crippen molar-refractivity contribution >= 4 is 46.8 Å².